The van der Waals surface area contributed by atoms with Gasteiger partial charge in [0.15, 0.2) is 11.3 Å². The first-order chi connectivity index (χ1) is 15.5. The van der Waals surface area contributed by atoms with Gasteiger partial charge in [-0.15, -0.1) is 0 Å². The summed E-state index contributed by atoms with van der Waals surface area (Å²) >= 11 is 7.03. The standard InChI is InChI=1S/C24H15ClN2O4S/c25-15-8-4-9-16(12-15)32-21-19(28)18-20(31-24(21)30)17-10-5-11-26-22(17)27(23(18)29)13-14-6-2-1-3-7-14/h1-12,28H,13H2. The number of fused-ring (bicyclic) bond motifs is 3. The Labute approximate surface area is 190 Å². The van der Waals surface area contributed by atoms with Crippen molar-refractivity contribution in [1.29, 1.82) is 0 Å². The van der Waals surface area contributed by atoms with Crippen molar-refractivity contribution in [3.8, 4) is 5.75 Å². The summed E-state index contributed by atoms with van der Waals surface area (Å²) in [7, 11) is 0. The molecule has 0 unspecified atom stereocenters. The van der Waals surface area contributed by atoms with E-state index in [0.717, 1.165) is 17.3 Å². The average molecular weight is 463 g/mol. The average Bonchev–Trinajstić information content (AvgIpc) is 2.80. The summed E-state index contributed by atoms with van der Waals surface area (Å²) in [5.41, 5.74) is 0.0351. The fourth-order valence-electron chi connectivity index (χ4n) is 3.57. The molecule has 0 aliphatic rings. The van der Waals surface area contributed by atoms with Crippen LogP contribution >= 0.6 is 23.4 Å². The molecule has 0 saturated carbocycles. The molecule has 2 aromatic carbocycles. The van der Waals surface area contributed by atoms with Crippen molar-refractivity contribution in [1.82, 2.24) is 9.55 Å². The molecule has 0 bridgehead atoms. The maximum absolute atomic E-state index is 13.5. The maximum Gasteiger partial charge on any atom is 0.354 e. The number of nitrogens with zero attached hydrogens (tertiary/aromatic N) is 2. The minimum Gasteiger partial charge on any atom is -0.505 e. The van der Waals surface area contributed by atoms with Crippen LogP contribution in [0, 0.1) is 0 Å². The van der Waals surface area contributed by atoms with Gasteiger partial charge in [0.2, 0.25) is 0 Å². The van der Waals surface area contributed by atoms with E-state index in [4.69, 9.17) is 16.0 Å². The number of benzene rings is 2. The zero-order valence-electron chi connectivity index (χ0n) is 16.5. The maximum atomic E-state index is 13.5. The molecule has 0 atom stereocenters. The molecule has 5 aromatic rings. The Kier molecular flexibility index (Phi) is 5.20. The number of pyridine rings is 2. The Morgan fingerprint density at radius 3 is 2.62 bits per heavy atom. The van der Waals surface area contributed by atoms with Crippen molar-refractivity contribution in [2.75, 3.05) is 0 Å². The summed E-state index contributed by atoms with van der Waals surface area (Å²) in [6.45, 7) is 0.248. The van der Waals surface area contributed by atoms with Crippen molar-refractivity contribution in [3.63, 3.8) is 0 Å². The third-order valence-electron chi connectivity index (χ3n) is 5.00. The monoisotopic (exact) mass is 462 g/mol. The van der Waals surface area contributed by atoms with Gasteiger partial charge in [0, 0.05) is 16.1 Å². The van der Waals surface area contributed by atoms with Gasteiger partial charge < -0.3 is 9.52 Å². The normalized spacial score (nSPS) is 11.3. The lowest BCUT2D eigenvalue weighted by atomic mass is 10.1. The molecule has 32 heavy (non-hydrogen) atoms. The van der Waals surface area contributed by atoms with Gasteiger partial charge in [-0.25, -0.2) is 9.78 Å². The number of hydrogen-bond acceptors (Lipinski definition) is 6. The molecule has 158 valence electrons. The molecule has 8 heteroatoms. The van der Waals surface area contributed by atoms with Crippen LogP contribution in [0.5, 0.6) is 5.75 Å². The van der Waals surface area contributed by atoms with Crippen molar-refractivity contribution in [2.45, 2.75) is 16.3 Å². The first-order valence-corrected chi connectivity index (χ1v) is 10.9. The van der Waals surface area contributed by atoms with Crippen molar-refractivity contribution in [2.24, 2.45) is 0 Å². The van der Waals surface area contributed by atoms with E-state index in [0.29, 0.717) is 21.0 Å². The molecular formula is C24H15ClN2O4S. The minimum absolute atomic E-state index is 0.0142. The van der Waals surface area contributed by atoms with Gasteiger partial charge in [-0.1, -0.05) is 59.8 Å². The Morgan fingerprint density at radius 2 is 1.84 bits per heavy atom. The van der Waals surface area contributed by atoms with Crippen LogP contribution in [0.4, 0.5) is 0 Å². The zero-order chi connectivity index (χ0) is 22.2. The summed E-state index contributed by atoms with van der Waals surface area (Å²) < 4.78 is 7.03. The Bertz CT molecular complexity index is 1600. The molecule has 6 nitrogen and oxygen atoms in total. The topological polar surface area (TPSA) is 85.3 Å². The fourth-order valence-corrected chi connectivity index (χ4v) is 4.71. The van der Waals surface area contributed by atoms with E-state index in [1.165, 1.54) is 4.57 Å². The van der Waals surface area contributed by atoms with Crippen LogP contribution in [0.15, 0.2) is 96.7 Å². The first kappa shape index (κ1) is 20.4. The Balaban J connectivity index is 1.79. The predicted octanol–water partition coefficient (Wildman–Crippen LogP) is 5.06. The van der Waals surface area contributed by atoms with E-state index < -0.39 is 16.9 Å². The van der Waals surface area contributed by atoms with Gasteiger partial charge in [-0.2, -0.15) is 0 Å². The van der Waals surface area contributed by atoms with Crippen molar-refractivity contribution in [3.05, 3.63) is 104 Å². The van der Waals surface area contributed by atoms with Crippen LogP contribution in [0.3, 0.4) is 0 Å². The third-order valence-corrected chi connectivity index (χ3v) is 6.29. The lowest BCUT2D eigenvalue weighted by molar-refractivity contribution is 0.446. The van der Waals surface area contributed by atoms with E-state index in [2.05, 4.69) is 4.98 Å². The van der Waals surface area contributed by atoms with Crippen LogP contribution in [0.25, 0.3) is 22.0 Å². The van der Waals surface area contributed by atoms with Gasteiger partial charge in [-0.3, -0.25) is 9.36 Å². The van der Waals surface area contributed by atoms with Crippen LogP contribution in [0.2, 0.25) is 5.02 Å². The van der Waals surface area contributed by atoms with E-state index in [9.17, 15) is 14.7 Å². The van der Waals surface area contributed by atoms with E-state index >= 15 is 0 Å². The zero-order valence-corrected chi connectivity index (χ0v) is 18.1. The highest BCUT2D eigenvalue weighted by Gasteiger charge is 2.22. The lowest BCUT2D eigenvalue weighted by Gasteiger charge is -2.13. The van der Waals surface area contributed by atoms with E-state index in [1.807, 2.05) is 30.3 Å². The van der Waals surface area contributed by atoms with Crippen LogP contribution in [-0.2, 0) is 6.54 Å². The second-order valence-corrected chi connectivity index (χ2v) is 8.60. The van der Waals surface area contributed by atoms with Crippen LogP contribution in [0.1, 0.15) is 5.56 Å². The van der Waals surface area contributed by atoms with Gasteiger partial charge in [-0.05, 0) is 35.9 Å². The molecule has 0 spiro atoms. The predicted molar refractivity (Wildman–Crippen MR) is 125 cm³/mol. The van der Waals surface area contributed by atoms with E-state index in [1.54, 1.807) is 42.6 Å². The van der Waals surface area contributed by atoms with Crippen LogP contribution < -0.4 is 11.2 Å². The van der Waals surface area contributed by atoms with Gasteiger partial charge in [0.1, 0.15) is 15.9 Å². The molecule has 0 fully saturated rings. The Hall–Kier alpha value is -3.55. The summed E-state index contributed by atoms with van der Waals surface area (Å²) in [4.78, 5) is 31.2. The Morgan fingerprint density at radius 1 is 1.03 bits per heavy atom. The molecular weight excluding hydrogens is 448 g/mol. The number of hydrogen-bond donors (Lipinski definition) is 1. The van der Waals surface area contributed by atoms with E-state index in [-0.39, 0.29) is 22.4 Å². The number of aromatic hydroxyl groups is 1. The molecule has 0 aliphatic heterocycles. The summed E-state index contributed by atoms with van der Waals surface area (Å²) in [5, 5.41) is 11.9. The van der Waals surface area contributed by atoms with Crippen LogP contribution in [-0.4, -0.2) is 14.7 Å². The molecule has 0 saturated heterocycles. The summed E-state index contributed by atoms with van der Waals surface area (Å²) in [6.07, 6.45) is 1.57. The third kappa shape index (κ3) is 3.55. The molecule has 0 radical (unpaired) electrons. The molecule has 3 aromatic heterocycles. The van der Waals surface area contributed by atoms with Crippen molar-refractivity contribution < 1.29 is 9.52 Å². The fraction of sp³-hybridized carbons (Fsp3) is 0.0417. The molecule has 5 rings (SSSR count). The first-order valence-electron chi connectivity index (χ1n) is 9.67. The smallest absolute Gasteiger partial charge is 0.354 e. The molecule has 1 N–H and O–H groups in total. The van der Waals surface area contributed by atoms with Gasteiger partial charge in [0.05, 0.1) is 11.9 Å². The van der Waals surface area contributed by atoms with Crippen molar-refractivity contribution >= 4 is 45.4 Å². The highest BCUT2D eigenvalue weighted by Crippen LogP contribution is 2.37. The summed E-state index contributed by atoms with van der Waals surface area (Å²) in [6, 6.07) is 19.7. The van der Waals surface area contributed by atoms with Gasteiger partial charge in [0.25, 0.3) is 5.56 Å². The second-order valence-electron chi connectivity index (χ2n) is 7.08. The number of rotatable bonds is 4. The minimum atomic E-state index is -0.745. The molecule has 0 aliphatic carbocycles. The highest BCUT2D eigenvalue weighted by atomic mass is 35.5. The summed E-state index contributed by atoms with van der Waals surface area (Å²) in [5.74, 6) is -0.418. The number of aromatic nitrogens is 2. The lowest BCUT2D eigenvalue weighted by Crippen LogP contribution is -2.23. The number of halogens is 1. The molecule has 3 heterocycles. The second kappa shape index (κ2) is 8.18. The largest absolute Gasteiger partial charge is 0.505 e. The van der Waals surface area contributed by atoms with Gasteiger partial charge >= 0.3 is 5.63 Å². The SMILES string of the molecule is O=c1oc2c(c(O)c1Sc1cccc(Cl)c1)c(=O)n(Cc1ccccc1)c1ncccc21. The highest BCUT2D eigenvalue weighted by molar-refractivity contribution is 7.99. The molecule has 0 amide bonds. The quantitative estimate of drug-likeness (QED) is 0.376.